The van der Waals surface area contributed by atoms with E-state index in [1.165, 1.54) is 18.2 Å². The Morgan fingerprint density at radius 3 is 2.53 bits per heavy atom. The van der Waals surface area contributed by atoms with E-state index in [9.17, 15) is 22.4 Å². The fraction of sp³-hybridized carbons (Fsp3) is 0.250. The zero-order valence-corrected chi connectivity index (χ0v) is 19.9. The Balaban J connectivity index is 1.45. The summed E-state index contributed by atoms with van der Waals surface area (Å²) in [5, 5.41) is 4.40. The number of anilines is 1. The van der Waals surface area contributed by atoms with Gasteiger partial charge in [0.2, 0.25) is 11.8 Å². The minimum atomic E-state index is -4.00. The number of nitrogens with zero attached hydrogens (tertiary/aromatic N) is 2. The predicted molar refractivity (Wildman–Crippen MR) is 128 cm³/mol. The van der Waals surface area contributed by atoms with Crippen LogP contribution >= 0.6 is 11.3 Å². The van der Waals surface area contributed by atoms with E-state index in [-0.39, 0.29) is 22.3 Å². The average molecular weight is 502 g/mol. The molecule has 2 amide bonds. The van der Waals surface area contributed by atoms with Crippen LogP contribution in [0, 0.1) is 5.82 Å². The Labute approximate surface area is 201 Å². The number of hydrogen-bond donors (Lipinski definition) is 1. The van der Waals surface area contributed by atoms with Gasteiger partial charge in [-0.1, -0.05) is 30.3 Å². The lowest BCUT2D eigenvalue weighted by Crippen LogP contribution is -2.40. The predicted octanol–water partition coefficient (Wildman–Crippen LogP) is 3.52. The third kappa shape index (κ3) is 5.63. The molecule has 1 aromatic heterocycles. The average Bonchev–Trinajstić information content (AvgIpc) is 3.50. The quantitative estimate of drug-likeness (QED) is 0.486. The molecule has 2 heterocycles. The van der Waals surface area contributed by atoms with E-state index in [0.29, 0.717) is 13.0 Å². The van der Waals surface area contributed by atoms with Crippen molar-refractivity contribution in [3.63, 3.8) is 0 Å². The fourth-order valence-corrected chi connectivity index (χ4v) is 6.28. The van der Waals surface area contributed by atoms with Gasteiger partial charge in [0.15, 0.2) is 0 Å². The van der Waals surface area contributed by atoms with Gasteiger partial charge in [0.1, 0.15) is 16.6 Å². The van der Waals surface area contributed by atoms with Crippen LogP contribution in [0.1, 0.15) is 24.0 Å². The summed E-state index contributed by atoms with van der Waals surface area (Å²) in [6, 6.07) is 15.6. The first-order chi connectivity index (χ1) is 16.3. The maximum atomic E-state index is 13.4. The molecule has 1 N–H and O–H groups in total. The third-order valence-corrected chi connectivity index (χ3v) is 8.61. The molecule has 0 aliphatic carbocycles. The molecule has 3 aromatic rings. The van der Waals surface area contributed by atoms with Crippen molar-refractivity contribution < 1.29 is 22.4 Å². The lowest BCUT2D eigenvalue weighted by molar-refractivity contribution is -0.128. The van der Waals surface area contributed by atoms with Crippen LogP contribution in [0.25, 0.3) is 0 Å². The molecule has 0 bridgehead atoms. The second-order valence-electron chi connectivity index (χ2n) is 7.94. The molecule has 2 aromatic carbocycles. The number of hydrogen-bond acceptors (Lipinski definition) is 5. The van der Waals surface area contributed by atoms with Crippen LogP contribution in [0.2, 0.25) is 0 Å². The molecule has 4 rings (SSSR count). The van der Waals surface area contributed by atoms with Crippen LogP contribution in [0.15, 0.2) is 70.3 Å². The van der Waals surface area contributed by atoms with E-state index in [2.05, 4.69) is 5.32 Å². The first-order valence-electron chi connectivity index (χ1n) is 10.8. The van der Waals surface area contributed by atoms with Crippen LogP contribution in [0.5, 0.6) is 0 Å². The monoisotopic (exact) mass is 501 g/mol. The summed E-state index contributed by atoms with van der Waals surface area (Å²) in [6.45, 7) is 1.03. The highest BCUT2D eigenvalue weighted by atomic mass is 32.2. The summed E-state index contributed by atoms with van der Waals surface area (Å²) in [4.78, 5) is 26.4. The lowest BCUT2D eigenvalue weighted by Gasteiger charge is -2.23. The highest BCUT2D eigenvalue weighted by Crippen LogP contribution is 2.26. The van der Waals surface area contributed by atoms with Gasteiger partial charge in [-0.25, -0.2) is 12.8 Å². The van der Waals surface area contributed by atoms with E-state index in [0.717, 1.165) is 51.9 Å². The van der Waals surface area contributed by atoms with Crippen LogP contribution in [-0.4, -0.2) is 38.2 Å². The van der Waals surface area contributed by atoms with Gasteiger partial charge in [0, 0.05) is 26.1 Å². The first-order valence-corrected chi connectivity index (χ1v) is 13.1. The second kappa shape index (κ2) is 10.4. The molecule has 1 fully saturated rings. The molecule has 10 heteroatoms. The SMILES string of the molecule is O=C(CN(c1ccc(F)cc1)S(=O)(=O)c1cccs1)NCc1cccc(CN2CCCC2=O)c1. The number of halogens is 1. The number of thiophene rings is 1. The second-order valence-corrected chi connectivity index (χ2v) is 11.0. The Hall–Kier alpha value is -3.24. The molecular formula is C24H24FN3O4S2. The molecule has 178 valence electrons. The largest absolute Gasteiger partial charge is 0.350 e. The Morgan fingerprint density at radius 2 is 1.85 bits per heavy atom. The number of carbonyl (C=O) groups excluding carboxylic acids is 2. The standard InChI is InChI=1S/C24H24FN3O4S2/c25-20-8-10-21(11-9-20)28(34(31,32)24-7-3-13-33-24)17-22(29)26-15-18-4-1-5-19(14-18)16-27-12-2-6-23(27)30/h1,3-5,7-11,13-14H,2,6,12,15-17H2,(H,26,29). The van der Waals surface area contributed by atoms with Gasteiger partial charge in [-0.3, -0.25) is 13.9 Å². The van der Waals surface area contributed by atoms with Crippen LogP contribution in [-0.2, 0) is 32.7 Å². The van der Waals surface area contributed by atoms with Crippen LogP contribution in [0.4, 0.5) is 10.1 Å². The van der Waals surface area contributed by atoms with Crippen molar-refractivity contribution in [2.75, 3.05) is 17.4 Å². The number of likely N-dealkylation sites (tertiary alicyclic amines) is 1. The van der Waals surface area contributed by atoms with Gasteiger partial charge < -0.3 is 10.2 Å². The van der Waals surface area contributed by atoms with E-state index in [1.54, 1.807) is 11.4 Å². The van der Waals surface area contributed by atoms with Crippen LogP contribution < -0.4 is 9.62 Å². The maximum Gasteiger partial charge on any atom is 0.274 e. The summed E-state index contributed by atoms with van der Waals surface area (Å²) in [6.07, 6.45) is 1.45. The van der Waals surface area contributed by atoms with Crippen LogP contribution in [0.3, 0.4) is 0 Å². The normalized spacial score (nSPS) is 13.8. The Kier molecular flexibility index (Phi) is 7.28. The molecule has 7 nitrogen and oxygen atoms in total. The minimum Gasteiger partial charge on any atom is -0.350 e. The topological polar surface area (TPSA) is 86.8 Å². The van der Waals surface area contributed by atoms with E-state index >= 15 is 0 Å². The highest BCUT2D eigenvalue weighted by molar-refractivity contribution is 7.94. The summed E-state index contributed by atoms with van der Waals surface area (Å²) in [7, 11) is -4.00. The van der Waals surface area contributed by atoms with Gasteiger partial charge in [-0.2, -0.15) is 0 Å². The highest BCUT2D eigenvalue weighted by Gasteiger charge is 2.28. The van der Waals surface area contributed by atoms with Gasteiger partial charge >= 0.3 is 0 Å². The minimum absolute atomic E-state index is 0.0915. The molecule has 0 unspecified atom stereocenters. The van der Waals surface area contributed by atoms with Crippen molar-refractivity contribution in [3.8, 4) is 0 Å². The fourth-order valence-electron chi connectivity index (χ4n) is 3.76. The summed E-state index contributed by atoms with van der Waals surface area (Å²) in [5.41, 5.74) is 2.00. The lowest BCUT2D eigenvalue weighted by atomic mass is 10.1. The smallest absolute Gasteiger partial charge is 0.274 e. The zero-order chi connectivity index (χ0) is 24.1. The number of sulfonamides is 1. The number of carbonyl (C=O) groups is 2. The third-order valence-electron chi connectivity index (χ3n) is 5.47. The molecule has 1 saturated heterocycles. The molecule has 0 spiro atoms. The number of rotatable bonds is 9. The summed E-state index contributed by atoms with van der Waals surface area (Å²) >= 11 is 1.04. The molecule has 0 atom stereocenters. The van der Waals surface area contributed by atoms with E-state index in [4.69, 9.17) is 0 Å². The summed E-state index contributed by atoms with van der Waals surface area (Å²) in [5.74, 6) is -0.853. The molecule has 0 saturated carbocycles. The van der Waals surface area contributed by atoms with Gasteiger partial charge in [0.25, 0.3) is 10.0 Å². The number of benzene rings is 2. The van der Waals surface area contributed by atoms with Crippen molar-refractivity contribution in [2.45, 2.75) is 30.1 Å². The van der Waals surface area contributed by atoms with E-state index in [1.807, 2.05) is 29.2 Å². The Morgan fingerprint density at radius 1 is 1.09 bits per heavy atom. The van der Waals surface area contributed by atoms with Crippen molar-refractivity contribution in [1.82, 2.24) is 10.2 Å². The zero-order valence-electron chi connectivity index (χ0n) is 18.3. The van der Waals surface area contributed by atoms with Gasteiger partial charge in [0.05, 0.1) is 5.69 Å². The molecule has 34 heavy (non-hydrogen) atoms. The maximum absolute atomic E-state index is 13.4. The number of amides is 2. The van der Waals surface area contributed by atoms with Crippen molar-refractivity contribution in [3.05, 3.63) is 83.0 Å². The van der Waals surface area contributed by atoms with Crippen molar-refractivity contribution in [1.29, 1.82) is 0 Å². The van der Waals surface area contributed by atoms with Gasteiger partial charge in [-0.15, -0.1) is 11.3 Å². The van der Waals surface area contributed by atoms with E-state index < -0.39 is 28.3 Å². The Bertz CT molecular complexity index is 1260. The first kappa shape index (κ1) is 23.9. The number of nitrogens with one attached hydrogen (secondary N) is 1. The molecule has 1 aliphatic rings. The summed E-state index contributed by atoms with van der Waals surface area (Å²) < 4.78 is 40.8. The van der Waals surface area contributed by atoms with Crippen molar-refractivity contribution in [2.24, 2.45) is 0 Å². The molecular weight excluding hydrogens is 477 g/mol. The van der Waals surface area contributed by atoms with Gasteiger partial charge in [-0.05, 0) is 53.3 Å². The molecule has 0 radical (unpaired) electrons. The molecule has 1 aliphatic heterocycles. The van der Waals surface area contributed by atoms with Crippen molar-refractivity contribution >= 4 is 38.9 Å².